The van der Waals surface area contributed by atoms with Crippen LogP contribution in [0, 0.1) is 0 Å². The Labute approximate surface area is 220 Å². The van der Waals surface area contributed by atoms with E-state index in [1.807, 2.05) is 48.7 Å². The molecule has 0 aliphatic heterocycles. The molecule has 3 aromatic heterocycles. The van der Waals surface area contributed by atoms with E-state index < -0.39 is 7.81 Å². The molecule has 4 aromatic rings. The molecule has 15 heteroatoms. The molecule has 37 heavy (non-hydrogen) atoms. The van der Waals surface area contributed by atoms with Crippen molar-refractivity contribution < 1.29 is 54.3 Å². The van der Waals surface area contributed by atoms with Crippen LogP contribution in [0.1, 0.15) is 11.3 Å². The number of rotatable bonds is 5. The molecular weight excluding hydrogens is 562 g/mol. The van der Waals surface area contributed by atoms with E-state index in [4.69, 9.17) is 0 Å². The predicted octanol–water partition coefficient (Wildman–Crippen LogP) is 6.55. The molecule has 0 aliphatic rings. The zero-order valence-corrected chi connectivity index (χ0v) is 21.1. The summed E-state index contributed by atoms with van der Waals surface area (Å²) in [4.78, 5) is 19.5. The molecule has 1 radical (unpaired) electrons. The molecule has 1 aromatic carbocycles. The monoisotopic (exact) mass is 582 g/mol. The van der Waals surface area contributed by atoms with Crippen LogP contribution in [0.5, 0.6) is 5.75 Å². The number of aliphatic imine (C=N–C) groups is 1. The molecule has 0 aliphatic carbocycles. The molecular formula is C22H20F6N5O2PV. The second-order valence-corrected chi connectivity index (χ2v) is 8.69. The van der Waals surface area contributed by atoms with Gasteiger partial charge in [0.15, 0.2) is 0 Å². The topological polar surface area (TPSA) is 118 Å². The Morgan fingerprint density at radius 3 is 1.76 bits per heavy atom. The molecule has 0 fully saturated rings. The molecule has 4 rings (SSSR count). The summed E-state index contributed by atoms with van der Waals surface area (Å²) < 4.78 is 59.2. The van der Waals surface area contributed by atoms with Gasteiger partial charge in [0.1, 0.15) is 0 Å². The maximum absolute atomic E-state index is 11.3. The van der Waals surface area contributed by atoms with E-state index in [9.17, 15) is 30.3 Å². The van der Waals surface area contributed by atoms with Gasteiger partial charge in [-0.2, -0.15) is 0 Å². The number of aromatic nitrogens is 4. The number of nitrogens with zero attached hydrogens (tertiary/aromatic N) is 4. The molecule has 0 amide bonds. The molecule has 0 saturated heterocycles. The van der Waals surface area contributed by atoms with Crippen molar-refractivity contribution >= 4 is 14.0 Å². The van der Waals surface area contributed by atoms with Gasteiger partial charge in [-0.05, 0) is 29.8 Å². The van der Waals surface area contributed by atoms with Crippen LogP contribution in [0.15, 0.2) is 90.6 Å². The van der Waals surface area contributed by atoms with E-state index in [2.05, 4.69) is 24.9 Å². The number of imidazole rings is 1. The Kier molecular flexibility index (Phi) is 12.7. The number of hydrogen-bond donors (Lipinski definition) is 1. The number of hydrogen-bond acceptors (Lipinski definition) is 5. The molecule has 0 atom stereocenters. The van der Waals surface area contributed by atoms with Crippen molar-refractivity contribution in [2.45, 2.75) is 6.42 Å². The largest absolute Gasteiger partial charge is 4.00 e. The van der Waals surface area contributed by atoms with Crippen LogP contribution in [-0.2, 0) is 30.5 Å². The Morgan fingerprint density at radius 1 is 0.811 bits per heavy atom. The Hall–Kier alpha value is -3.25. The smallest absolute Gasteiger partial charge is 2.00 e. The van der Waals surface area contributed by atoms with Crippen molar-refractivity contribution in [1.29, 1.82) is 0 Å². The first-order valence-corrected chi connectivity index (χ1v) is 11.9. The fourth-order valence-corrected chi connectivity index (χ4v) is 2.39. The normalized spacial score (nSPS) is 12.3. The van der Waals surface area contributed by atoms with Gasteiger partial charge in [-0.3, -0.25) is 15.0 Å². The summed E-state index contributed by atoms with van der Waals surface area (Å²) in [5.41, 5.74) is 3.44. The van der Waals surface area contributed by atoms with Gasteiger partial charge in [0, 0.05) is 37.8 Å². The standard InChI is InChI=1S/C12H13N3O.C10H8N2.F6P.O.V/c16-12-4-2-1-3-10(12)7-13-6-5-11-8-14-9-15-11;1-3-7-11-9(5-1)10-6-2-4-8-12-10;1-7(2,3,4,5)6;;/h1-4,7-9,16H,5-6H2,(H,14,15);1-8H;;;/q;;-1;-2;+4/p-1. The van der Waals surface area contributed by atoms with Crippen molar-refractivity contribution in [3.8, 4) is 17.1 Å². The minimum Gasteiger partial charge on any atom is -2.00 e. The van der Waals surface area contributed by atoms with Gasteiger partial charge in [0.05, 0.1) is 23.4 Å². The fourth-order valence-electron chi connectivity index (χ4n) is 2.39. The molecule has 0 unspecified atom stereocenters. The van der Waals surface area contributed by atoms with Crippen molar-refractivity contribution in [2.24, 2.45) is 4.99 Å². The third kappa shape index (κ3) is 17.8. The number of H-pyrrole nitrogens is 1. The van der Waals surface area contributed by atoms with Gasteiger partial charge in [0.2, 0.25) is 0 Å². The summed E-state index contributed by atoms with van der Waals surface area (Å²) in [7, 11) is -10.7. The van der Waals surface area contributed by atoms with E-state index in [-0.39, 0.29) is 29.8 Å². The van der Waals surface area contributed by atoms with Crippen LogP contribution < -0.4 is 5.11 Å². The third-order valence-electron chi connectivity index (χ3n) is 3.79. The van der Waals surface area contributed by atoms with E-state index in [1.54, 1.807) is 37.1 Å². The van der Waals surface area contributed by atoms with Crippen LogP contribution in [-0.4, -0.2) is 32.7 Å². The molecule has 197 valence electrons. The van der Waals surface area contributed by atoms with Crippen LogP contribution in [0.4, 0.5) is 25.2 Å². The van der Waals surface area contributed by atoms with Gasteiger partial charge in [-0.25, -0.2) is 4.98 Å². The Bertz CT molecular complexity index is 1150. The number of para-hydroxylation sites is 1. The van der Waals surface area contributed by atoms with Crippen molar-refractivity contribution in [3.05, 3.63) is 96.8 Å². The maximum atomic E-state index is 11.3. The SMILES string of the molecule is F[P-](F)(F)(F)(F)F.[O-2].[O-]c1ccccc1C=NCCc1c[nH]cn1.[V+4].c1ccc(-c2ccccn2)nc1. The Balaban J connectivity index is 0.000000551. The van der Waals surface area contributed by atoms with Crippen molar-refractivity contribution in [1.82, 2.24) is 19.9 Å². The van der Waals surface area contributed by atoms with Crippen molar-refractivity contribution in [2.75, 3.05) is 6.54 Å². The van der Waals surface area contributed by atoms with E-state index in [1.165, 1.54) is 6.07 Å². The molecule has 1 N–H and O–H groups in total. The average molecular weight is 582 g/mol. The van der Waals surface area contributed by atoms with Crippen molar-refractivity contribution in [3.63, 3.8) is 0 Å². The van der Waals surface area contributed by atoms with Gasteiger partial charge in [0.25, 0.3) is 0 Å². The first kappa shape index (κ1) is 33.8. The summed E-state index contributed by atoms with van der Waals surface area (Å²) >= 11 is 0. The van der Waals surface area contributed by atoms with E-state index in [0.717, 1.165) is 23.5 Å². The second-order valence-electron chi connectivity index (χ2n) is 6.77. The Morgan fingerprint density at radius 2 is 1.32 bits per heavy atom. The minimum atomic E-state index is -10.7. The molecule has 3 heterocycles. The second kappa shape index (κ2) is 13.9. The van der Waals surface area contributed by atoms with Crippen LogP contribution in [0.3, 0.4) is 0 Å². The molecule has 7 nitrogen and oxygen atoms in total. The summed E-state index contributed by atoms with van der Waals surface area (Å²) in [6.45, 7) is 0.638. The zero-order chi connectivity index (χ0) is 25.9. The zero-order valence-electron chi connectivity index (χ0n) is 18.8. The first-order valence-electron chi connectivity index (χ1n) is 9.90. The molecule has 0 spiro atoms. The van der Waals surface area contributed by atoms with Crippen LogP contribution >= 0.6 is 7.81 Å². The predicted molar refractivity (Wildman–Crippen MR) is 122 cm³/mol. The summed E-state index contributed by atoms with van der Waals surface area (Å²) in [5, 5.41) is 11.3. The quantitative estimate of drug-likeness (QED) is 0.163. The number of aromatic amines is 1. The van der Waals surface area contributed by atoms with Crippen LogP contribution in [0.2, 0.25) is 0 Å². The third-order valence-corrected chi connectivity index (χ3v) is 3.79. The van der Waals surface area contributed by atoms with Crippen LogP contribution in [0.25, 0.3) is 11.4 Å². The fraction of sp³-hybridized carbons (Fsp3) is 0.0909. The summed E-state index contributed by atoms with van der Waals surface area (Å²) in [6.07, 6.45) is 9.42. The average Bonchev–Trinajstić information content (AvgIpc) is 3.31. The minimum absolute atomic E-state index is 0. The van der Waals surface area contributed by atoms with Gasteiger partial charge in [-0.1, -0.05) is 36.4 Å². The van der Waals surface area contributed by atoms with E-state index in [0.29, 0.717) is 12.1 Å². The molecule has 0 saturated carbocycles. The van der Waals surface area contributed by atoms with Gasteiger partial charge >= 0.3 is 51.5 Å². The van der Waals surface area contributed by atoms with E-state index >= 15 is 0 Å². The number of pyridine rings is 2. The summed E-state index contributed by atoms with van der Waals surface area (Å²) in [6, 6.07) is 18.5. The van der Waals surface area contributed by atoms with Gasteiger partial charge in [-0.15, -0.1) is 5.75 Å². The number of halogens is 6. The maximum Gasteiger partial charge on any atom is 4.00 e. The molecule has 0 bridgehead atoms. The summed E-state index contributed by atoms with van der Waals surface area (Å²) in [5.74, 6) is 0.00557. The number of benzene rings is 1. The first-order chi connectivity index (χ1) is 16.3. The number of nitrogens with one attached hydrogen (secondary N) is 1. The van der Waals surface area contributed by atoms with Gasteiger partial charge < -0.3 is 15.6 Å².